The molecular formula is C19H15FN2O3. The zero-order valence-electron chi connectivity index (χ0n) is 13.2. The number of benzene rings is 1. The van der Waals surface area contributed by atoms with E-state index in [-0.39, 0.29) is 18.2 Å². The fourth-order valence-corrected chi connectivity index (χ4v) is 2.06. The van der Waals surface area contributed by atoms with E-state index in [0.717, 1.165) is 0 Å². The van der Waals surface area contributed by atoms with E-state index >= 15 is 0 Å². The van der Waals surface area contributed by atoms with Crippen molar-refractivity contribution in [3.8, 4) is 11.5 Å². The molecule has 2 heterocycles. The van der Waals surface area contributed by atoms with Crippen molar-refractivity contribution in [1.29, 1.82) is 0 Å². The molecule has 3 aromatic rings. The Hall–Kier alpha value is -3.41. The monoisotopic (exact) mass is 338 g/mol. The van der Waals surface area contributed by atoms with Gasteiger partial charge in [-0.1, -0.05) is 6.07 Å². The maximum Gasteiger partial charge on any atom is 0.244 e. The Morgan fingerprint density at radius 2 is 2.20 bits per heavy atom. The molecule has 0 unspecified atom stereocenters. The van der Waals surface area contributed by atoms with Crippen LogP contribution in [0, 0.1) is 5.82 Å². The third kappa shape index (κ3) is 4.78. The Bertz CT molecular complexity index is 862. The lowest BCUT2D eigenvalue weighted by atomic mass is 10.2. The number of nitrogens with one attached hydrogen (secondary N) is 1. The summed E-state index contributed by atoms with van der Waals surface area (Å²) >= 11 is 0. The van der Waals surface area contributed by atoms with Crippen LogP contribution in [0.3, 0.4) is 0 Å². The van der Waals surface area contributed by atoms with Crippen molar-refractivity contribution >= 4 is 12.0 Å². The molecule has 6 heteroatoms. The number of ether oxygens (including phenoxy) is 1. The zero-order chi connectivity index (χ0) is 17.5. The third-order valence-electron chi connectivity index (χ3n) is 3.27. The molecule has 0 aliphatic carbocycles. The maximum absolute atomic E-state index is 14.1. The van der Waals surface area contributed by atoms with Gasteiger partial charge in [-0.15, -0.1) is 0 Å². The third-order valence-corrected chi connectivity index (χ3v) is 3.27. The molecule has 1 amide bonds. The van der Waals surface area contributed by atoms with Gasteiger partial charge in [0.15, 0.2) is 11.6 Å². The van der Waals surface area contributed by atoms with E-state index in [4.69, 9.17) is 9.15 Å². The highest BCUT2D eigenvalue weighted by Gasteiger charge is 2.07. The van der Waals surface area contributed by atoms with Crippen LogP contribution in [0.4, 0.5) is 4.39 Å². The molecule has 0 saturated heterocycles. The van der Waals surface area contributed by atoms with Crippen molar-refractivity contribution < 1.29 is 18.3 Å². The molecule has 0 fully saturated rings. The Morgan fingerprint density at radius 3 is 2.92 bits per heavy atom. The number of pyridine rings is 1. The van der Waals surface area contributed by atoms with Crippen LogP contribution in [0.5, 0.6) is 11.5 Å². The molecule has 1 aromatic carbocycles. The maximum atomic E-state index is 14.1. The molecule has 0 saturated carbocycles. The van der Waals surface area contributed by atoms with Crippen LogP contribution in [-0.4, -0.2) is 10.9 Å². The van der Waals surface area contributed by atoms with Crippen LogP contribution in [0.2, 0.25) is 0 Å². The minimum absolute atomic E-state index is 0.0980. The first-order valence-corrected chi connectivity index (χ1v) is 7.56. The number of aromatic nitrogens is 1. The second-order valence-corrected chi connectivity index (χ2v) is 5.12. The summed E-state index contributed by atoms with van der Waals surface area (Å²) in [6, 6.07) is 11.4. The van der Waals surface area contributed by atoms with E-state index in [1.54, 1.807) is 42.6 Å². The van der Waals surface area contributed by atoms with Crippen molar-refractivity contribution in [2.45, 2.75) is 6.54 Å². The standard InChI is InChI=1S/C19H15FN2O3/c20-17-11-14(5-7-18(17)25-16-3-1-9-21-13-16)12-22-19(23)8-6-15-4-2-10-24-15/h1-11,13H,12H2,(H,22,23)/b8-6+. The number of hydrogen-bond donors (Lipinski definition) is 1. The van der Waals surface area contributed by atoms with E-state index < -0.39 is 5.82 Å². The molecular weight excluding hydrogens is 323 g/mol. The zero-order valence-corrected chi connectivity index (χ0v) is 13.2. The highest BCUT2D eigenvalue weighted by molar-refractivity contribution is 5.91. The SMILES string of the molecule is O=C(/C=C/c1ccco1)NCc1ccc(Oc2cccnc2)c(F)c1. The van der Waals surface area contributed by atoms with Crippen molar-refractivity contribution in [3.05, 3.63) is 84.3 Å². The summed E-state index contributed by atoms with van der Waals surface area (Å²) in [4.78, 5) is 15.6. The molecule has 0 bridgehead atoms. The number of hydrogen-bond acceptors (Lipinski definition) is 4. The van der Waals surface area contributed by atoms with Gasteiger partial charge in [0.25, 0.3) is 0 Å². The van der Waals surface area contributed by atoms with Gasteiger partial charge in [-0.3, -0.25) is 9.78 Å². The van der Waals surface area contributed by atoms with Gasteiger partial charge in [-0.05, 0) is 48.0 Å². The first-order chi connectivity index (χ1) is 12.2. The smallest absolute Gasteiger partial charge is 0.244 e. The fourth-order valence-electron chi connectivity index (χ4n) is 2.06. The summed E-state index contributed by atoms with van der Waals surface area (Å²) in [7, 11) is 0. The summed E-state index contributed by atoms with van der Waals surface area (Å²) in [5, 5.41) is 2.67. The Kier molecular flexibility index (Phi) is 5.21. The Labute approximate surface area is 143 Å². The van der Waals surface area contributed by atoms with Gasteiger partial charge in [-0.2, -0.15) is 0 Å². The molecule has 0 radical (unpaired) electrons. The molecule has 25 heavy (non-hydrogen) atoms. The van der Waals surface area contributed by atoms with Gasteiger partial charge >= 0.3 is 0 Å². The molecule has 0 aliphatic heterocycles. The largest absolute Gasteiger partial charge is 0.465 e. The molecule has 0 atom stereocenters. The molecule has 126 valence electrons. The van der Waals surface area contributed by atoms with Crippen LogP contribution in [0.15, 0.2) is 71.6 Å². The Balaban J connectivity index is 1.56. The van der Waals surface area contributed by atoms with E-state index in [9.17, 15) is 9.18 Å². The van der Waals surface area contributed by atoms with Gasteiger partial charge in [0.2, 0.25) is 5.91 Å². The fraction of sp³-hybridized carbons (Fsp3) is 0.0526. The van der Waals surface area contributed by atoms with Gasteiger partial charge in [0, 0.05) is 18.8 Å². The number of furan rings is 1. The van der Waals surface area contributed by atoms with Gasteiger partial charge < -0.3 is 14.5 Å². The minimum atomic E-state index is -0.512. The summed E-state index contributed by atoms with van der Waals surface area (Å²) in [5.74, 6) is 0.318. The first-order valence-electron chi connectivity index (χ1n) is 7.56. The highest BCUT2D eigenvalue weighted by atomic mass is 19.1. The molecule has 0 spiro atoms. The van der Waals surface area contributed by atoms with Crippen LogP contribution >= 0.6 is 0 Å². The number of halogens is 1. The van der Waals surface area contributed by atoms with E-state index in [0.29, 0.717) is 17.1 Å². The second kappa shape index (κ2) is 7.92. The van der Waals surface area contributed by atoms with Crippen molar-refractivity contribution in [1.82, 2.24) is 10.3 Å². The summed E-state index contributed by atoms with van der Waals surface area (Å²) in [6.45, 7) is 0.200. The summed E-state index contributed by atoms with van der Waals surface area (Å²) in [5.41, 5.74) is 0.621. The highest BCUT2D eigenvalue weighted by Crippen LogP contribution is 2.24. The van der Waals surface area contributed by atoms with Crippen LogP contribution < -0.4 is 10.1 Å². The van der Waals surface area contributed by atoms with Gasteiger partial charge in [0.05, 0.1) is 12.5 Å². The number of carbonyl (C=O) groups excluding carboxylic acids is 1. The van der Waals surface area contributed by atoms with E-state index in [2.05, 4.69) is 10.3 Å². The van der Waals surface area contributed by atoms with Crippen molar-refractivity contribution in [2.24, 2.45) is 0 Å². The quantitative estimate of drug-likeness (QED) is 0.692. The predicted octanol–water partition coefficient (Wildman–Crippen LogP) is 3.94. The second-order valence-electron chi connectivity index (χ2n) is 5.12. The first kappa shape index (κ1) is 16.4. The van der Waals surface area contributed by atoms with Crippen LogP contribution in [-0.2, 0) is 11.3 Å². The van der Waals surface area contributed by atoms with E-state index in [1.165, 1.54) is 30.7 Å². The predicted molar refractivity (Wildman–Crippen MR) is 90.3 cm³/mol. The van der Waals surface area contributed by atoms with Crippen molar-refractivity contribution in [3.63, 3.8) is 0 Å². The molecule has 2 aromatic heterocycles. The summed E-state index contributed by atoms with van der Waals surface area (Å²) < 4.78 is 24.6. The number of amides is 1. The average Bonchev–Trinajstić information content (AvgIpc) is 3.15. The molecule has 0 aliphatic rings. The molecule has 3 rings (SSSR count). The number of carbonyl (C=O) groups is 1. The van der Waals surface area contributed by atoms with E-state index in [1.807, 2.05) is 0 Å². The molecule has 1 N–H and O–H groups in total. The topological polar surface area (TPSA) is 64.4 Å². The lowest BCUT2D eigenvalue weighted by Crippen LogP contribution is -2.20. The van der Waals surface area contributed by atoms with Crippen molar-refractivity contribution in [2.75, 3.05) is 0 Å². The van der Waals surface area contributed by atoms with Crippen LogP contribution in [0.1, 0.15) is 11.3 Å². The number of nitrogens with zero attached hydrogens (tertiary/aromatic N) is 1. The summed E-state index contributed by atoms with van der Waals surface area (Å²) in [6.07, 6.45) is 7.54. The number of rotatable bonds is 6. The minimum Gasteiger partial charge on any atom is -0.465 e. The molecule has 5 nitrogen and oxygen atoms in total. The van der Waals surface area contributed by atoms with Crippen LogP contribution in [0.25, 0.3) is 6.08 Å². The van der Waals surface area contributed by atoms with Gasteiger partial charge in [-0.25, -0.2) is 4.39 Å². The lowest BCUT2D eigenvalue weighted by molar-refractivity contribution is -0.116. The van der Waals surface area contributed by atoms with Gasteiger partial charge in [0.1, 0.15) is 11.5 Å². The average molecular weight is 338 g/mol. The normalized spacial score (nSPS) is 10.8. The lowest BCUT2D eigenvalue weighted by Gasteiger charge is -2.08. The Morgan fingerprint density at radius 1 is 1.28 bits per heavy atom.